The van der Waals surface area contributed by atoms with Gasteiger partial charge in [0.05, 0.1) is 11.7 Å². The highest BCUT2D eigenvalue weighted by atomic mass is 16.5. The number of carbonyl (C=O) groups excluding carboxylic acids is 1. The summed E-state index contributed by atoms with van der Waals surface area (Å²) in [5.41, 5.74) is 5.35. The summed E-state index contributed by atoms with van der Waals surface area (Å²) in [4.78, 5) is 11.4. The molecule has 4 heteroatoms. The fourth-order valence-corrected chi connectivity index (χ4v) is 1.06. The summed E-state index contributed by atoms with van der Waals surface area (Å²) in [6, 6.07) is -0.760. The van der Waals surface area contributed by atoms with Crippen molar-refractivity contribution in [3.05, 3.63) is 12.7 Å². The summed E-state index contributed by atoms with van der Waals surface area (Å²) in [7, 11) is 0. The lowest BCUT2D eigenvalue weighted by atomic mass is 10.1. The van der Waals surface area contributed by atoms with Crippen molar-refractivity contribution in [2.75, 3.05) is 6.61 Å². The first kappa shape index (κ1) is 14.1. The Hall–Kier alpha value is -0.870. The van der Waals surface area contributed by atoms with E-state index in [1.165, 1.54) is 6.08 Å². The van der Waals surface area contributed by atoms with Crippen molar-refractivity contribution >= 4 is 5.97 Å². The Morgan fingerprint density at radius 1 is 1.53 bits per heavy atom. The molecule has 4 nitrogen and oxygen atoms in total. The van der Waals surface area contributed by atoms with E-state index in [0.29, 0.717) is 0 Å². The quantitative estimate of drug-likeness (QED) is 0.554. The maximum Gasteiger partial charge on any atom is 0.325 e. The molecular formula is C11H21NO3. The zero-order chi connectivity index (χ0) is 12.1. The van der Waals surface area contributed by atoms with E-state index >= 15 is 0 Å². The fraction of sp³-hybridized carbons (Fsp3) is 0.727. The minimum atomic E-state index is -0.760. The number of rotatable bonds is 5. The van der Waals surface area contributed by atoms with Crippen molar-refractivity contribution < 1.29 is 14.3 Å². The van der Waals surface area contributed by atoms with Crippen LogP contribution in [0.1, 0.15) is 27.7 Å². The van der Waals surface area contributed by atoms with Crippen LogP contribution in [0.25, 0.3) is 0 Å². The van der Waals surface area contributed by atoms with Gasteiger partial charge in [-0.1, -0.05) is 12.7 Å². The lowest BCUT2D eigenvalue weighted by Gasteiger charge is -2.27. The number of carbonyl (C=O) groups is 1. The number of nitrogens with two attached hydrogens (primary N) is 1. The number of esters is 1. The predicted molar refractivity (Wildman–Crippen MR) is 59.4 cm³/mol. The van der Waals surface area contributed by atoms with E-state index in [-0.39, 0.29) is 18.3 Å². The third-order valence-electron chi connectivity index (χ3n) is 1.66. The zero-order valence-electron chi connectivity index (χ0n) is 9.95. The van der Waals surface area contributed by atoms with Gasteiger partial charge in [-0.3, -0.25) is 4.79 Å². The minimum Gasteiger partial charge on any atom is -0.460 e. The molecule has 0 spiro atoms. The van der Waals surface area contributed by atoms with E-state index in [1.54, 1.807) is 6.92 Å². The molecule has 88 valence electrons. The van der Waals surface area contributed by atoms with E-state index in [0.717, 1.165) is 0 Å². The van der Waals surface area contributed by atoms with Crippen LogP contribution in [-0.2, 0) is 14.3 Å². The summed E-state index contributed by atoms with van der Waals surface area (Å²) < 4.78 is 10.4. The average molecular weight is 215 g/mol. The molecule has 0 aliphatic heterocycles. The van der Waals surface area contributed by atoms with Crippen molar-refractivity contribution in [1.29, 1.82) is 0 Å². The van der Waals surface area contributed by atoms with Gasteiger partial charge in [-0.2, -0.15) is 0 Å². The van der Waals surface area contributed by atoms with Crippen molar-refractivity contribution in [1.82, 2.24) is 0 Å². The third-order valence-corrected chi connectivity index (χ3v) is 1.66. The van der Waals surface area contributed by atoms with Crippen LogP contribution in [0.5, 0.6) is 0 Å². The van der Waals surface area contributed by atoms with Gasteiger partial charge in [0.1, 0.15) is 12.6 Å². The van der Waals surface area contributed by atoms with Gasteiger partial charge in [0.25, 0.3) is 0 Å². The summed E-state index contributed by atoms with van der Waals surface area (Å²) in [6.45, 7) is 11.1. The van der Waals surface area contributed by atoms with Gasteiger partial charge < -0.3 is 15.2 Å². The molecule has 0 unspecified atom stereocenters. The van der Waals surface area contributed by atoms with Crippen molar-refractivity contribution in [3.63, 3.8) is 0 Å². The van der Waals surface area contributed by atoms with Crippen molar-refractivity contribution in [2.45, 2.75) is 45.4 Å². The second-order valence-electron chi connectivity index (χ2n) is 4.38. The SMILES string of the molecule is C=CCOC(=O)[C@@H](N)[C@H](C)OC(C)(C)C. The van der Waals surface area contributed by atoms with Crippen LogP contribution in [0.2, 0.25) is 0 Å². The summed E-state index contributed by atoms with van der Waals surface area (Å²) in [5, 5.41) is 0. The van der Waals surface area contributed by atoms with E-state index in [2.05, 4.69) is 6.58 Å². The first-order chi connectivity index (χ1) is 6.78. The van der Waals surface area contributed by atoms with Crippen LogP contribution < -0.4 is 5.73 Å². The molecule has 0 radical (unpaired) electrons. The maximum absolute atomic E-state index is 11.4. The highest BCUT2D eigenvalue weighted by molar-refractivity contribution is 5.76. The predicted octanol–water partition coefficient (Wildman–Crippen LogP) is 1.25. The number of ether oxygens (including phenoxy) is 2. The Kier molecular flexibility index (Phi) is 5.54. The van der Waals surface area contributed by atoms with Gasteiger partial charge in [0, 0.05) is 0 Å². The normalized spacial score (nSPS) is 15.5. The van der Waals surface area contributed by atoms with E-state index in [9.17, 15) is 4.79 Å². The third kappa shape index (κ3) is 6.25. The maximum atomic E-state index is 11.4. The van der Waals surface area contributed by atoms with Crippen LogP contribution in [0.15, 0.2) is 12.7 Å². The molecule has 0 bridgehead atoms. The summed E-state index contributed by atoms with van der Waals surface area (Å²) in [5.74, 6) is -0.466. The minimum absolute atomic E-state index is 0.175. The molecule has 2 N–H and O–H groups in total. The second-order valence-corrected chi connectivity index (χ2v) is 4.38. The Bertz CT molecular complexity index is 220. The summed E-state index contributed by atoms with van der Waals surface area (Å²) in [6.07, 6.45) is 1.13. The molecule has 0 aliphatic carbocycles. The highest BCUT2D eigenvalue weighted by Crippen LogP contribution is 2.12. The van der Waals surface area contributed by atoms with Gasteiger partial charge in [0.2, 0.25) is 0 Å². The molecule has 0 saturated heterocycles. The molecular weight excluding hydrogens is 194 g/mol. The molecule has 0 saturated carbocycles. The van der Waals surface area contributed by atoms with Gasteiger partial charge in [-0.05, 0) is 27.7 Å². The largest absolute Gasteiger partial charge is 0.460 e. The summed E-state index contributed by atoms with van der Waals surface area (Å²) >= 11 is 0. The van der Waals surface area contributed by atoms with E-state index in [4.69, 9.17) is 15.2 Å². The molecule has 2 atom stereocenters. The second kappa shape index (κ2) is 5.88. The smallest absolute Gasteiger partial charge is 0.325 e. The van der Waals surface area contributed by atoms with E-state index in [1.807, 2.05) is 20.8 Å². The fourth-order valence-electron chi connectivity index (χ4n) is 1.06. The standard InChI is InChI=1S/C11H21NO3/c1-6-7-14-10(13)9(12)8(2)15-11(3,4)5/h6,8-9H,1,7,12H2,2-5H3/t8-,9-/m0/s1. The molecule has 0 aromatic carbocycles. The molecule has 0 rings (SSSR count). The van der Waals surface area contributed by atoms with Gasteiger partial charge >= 0.3 is 5.97 Å². The lowest BCUT2D eigenvalue weighted by molar-refractivity contribution is -0.150. The zero-order valence-corrected chi connectivity index (χ0v) is 9.95. The molecule has 0 amide bonds. The molecule has 0 aromatic rings. The van der Waals surface area contributed by atoms with Crippen LogP contribution in [0.3, 0.4) is 0 Å². The molecule has 0 heterocycles. The average Bonchev–Trinajstić information content (AvgIpc) is 2.10. The Morgan fingerprint density at radius 2 is 2.07 bits per heavy atom. The Labute approximate surface area is 91.4 Å². The van der Waals surface area contributed by atoms with Crippen LogP contribution >= 0.6 is 0 Å². The topological polar surface area (TPSA) is 61.5 Å². The molecule has 15 heavy (non-hydrogen) atoms. The first-order valence-electron chi connectivity index (χ1n) is 4.99. The first-order valence-corrected chi connectivity index (χ1v) is 4.99. The van der Waals surface area contributed by atoms with Crippen molar-refractivity contribution in [3.8, 4) is 0 Å². The molecule has 0 aromatic heterocycles. The number of hydrogen-bond acceptors (Lipinski definition) is 4. The Balaban J connectivity index is 4.13. The van der Waals surface area contributed by atoms with Gasteiger partial charge in [0.15, 0.2) is 0 Å². The monoisotopic (exact) mass is 215 g/mol. The highest BCUT2D eigenvalue weighted by Gasteiger charge is 2.26. The van der Waals surface area contributed by atoms with E-state index < -0.39 is 12.0 Å². The van der Waals surface area contributed by atoms with Crippen LogP contribution in [0.4, 0.5) is 0 Å². The van der Waals surface area contributed by atoms with Crippen LogP contribution in [0, 0.1) is 0 Å². The lowest BCUT2D eigenvalue weighted by Crippen LogP contribution is -2.45. The van der Waals surface area contributed by atoms with Gasteiger partial charge in [-0.25, -0.2) is 0 Å². The van der Waals surface area contributed by atoms with Crippen LogP contribution in [-0.4, -0.2) is 30.3 Å². The van der Waals surface area contributed by atoms with Gasteiger partial charge in [-0.15, -0.1) is 0 Å². The number of hydrogen-bond donors (Lipinski definition) is 1. The molecule has 0 fully saturated rings. The Morgan fingerprint density at radius 3 is 2.47 bits per heavy atom. The van der Waals surface area contributed by atoms with Crippen molar-refractivity contribution in [2.24, 2.45) is 5.73 Å². The molecule has 0 aliphatic rings.